The lowest BCUT2D eigenvalue weighted by molar-refractivity contribution is -0.0163. The Morgan fingerprint density at radius 1 is 1.33 bits per heavy atom. The molecule has 1 aliphatic heterocycles. The summed E-state index contributed by atoms with van der Waals surface area (Å²) in [6.07, 6.45) is 2.99. The standard InChI is InChI=1S/C20H23ClN2O4/c1-14-5-6-16(21)17(12-14)27-13-20(26)7-3-10-23(11-8-20)19(25)15-4-2-9-22-18(15)24/h2,4-6,9,12,26H,3,7-8,10-11,13H2,1H3,(H,22,24). The van der Waals surface area contributed by atoms with Crippen LogP contribution in [-0.4, -0.2) is 46.2 Å². The summed E-state index contributed by atoms with van der Waals surface area (Å²) in [7, 11) is 0. The number of pyridine rings is 1. The number of likely N-dealkylation sites (tertiary alicyclic amines) is 1. The molecule has 1 atom stereocenters. The van der Waals surface area contributed by atoms with Gasteiger partial charge >= 0.3 is 0 Å². The van der Waals surface area contributed by atoms with Gasteiger partial charge in [0.25, 0.3) is 11.5 Å². The lowest BCUT2D eigenvalue weighted by atomic mass is 9.96. The molecule has 7 heteroatoms. The summed E-state index contributed by atoms with van der Waals surface area (Å²) in [5.41, 5.74) is -0.317. The molecule has 1 amide bonds. The zero-order valence-corrected chi connectivity index (χ0v) is 16.0. The number of H-pyrrole nitrogens is 1. The van der Waals surface area contributed by atoms with E-state index in [1.54, 1.807) is 17.0 Å². The lowest BCUT2D eigenvalue weighted by Crippen LogP contribution is -2.39. The van der Waals surface area contributed by atoms with Crippen LogP contribution in [0, 0.1) is 6.92 Å². The van der Waals surface area contributed by atoms with E-state index < -0.39 is 11.2 Å². The number of halogens is 1. The molecule has 2 aromatic rings. The van der Waals surface area contributed by atoms with E-state index in [9.17, 15) is 14.7 Å². The third kappa shape index (κ3) is 4.70. The van der Waals surface area contributed by atoms with Gasteiger partial charge in [0.2, 0.25) is 0 Å². The summed E-state index contributed by atoms with van der Waals surface area (Å²) in [5, 5.41) is 11.4. The van der Waals surface area contributed by atoms with Crippen molar-refractivity contribution in [3.63, 3.8) is 0 Å². The van der Waals surface area contributed by atoms with E-state index in [1.807, 2.05) is 19.1 Å². The molecule has 27 heavy (non-hydrogen) atoms. The summed E-state index contributed by atoms with van der Waals surface area (Å²) in [4.78, 5) is 28.6. The minimum Gasteiger partial charge on any atom is -0.489 e. The normalized spacial score (nSPS) is 20.2. The molecule has 2 N–H and O–H groups in total. The second-order valence-corrected chi connectivity index (χ2v) is 7.41. The molecule has 0 saturated carbocycles. The van der Waals surface area contributed by atoms with Crippen LogP contribution in [-0.2, 0) is 0 Å². The number of aliphatic hydroxyl groups is 1. The topological polar surface area (TPSA) is 82.6 Å². The number of hydrogen-bond donors (Lipinski definition) is 2. The average molecular weight is 391 g/mol. The minimum absolute atomic E-state index is 0.101. The highest BCUT2D eigenvalue weighted by Gasteiger charge is 2.33. The van der Waals surface area contributed by atoms with Crippen molar-refractivity contribution in [3.8, 4) is 5.75 Å². The summed E-state index contributed by atoms with van der Waals surface area (Å²) >= 11 is 6.15. The van der Waals surface area contributed by atoms with Crippen molar-refractivity contribution in [1.29, 1.82) is 0 Å². The quantitative estimate of drug-likeness (QED) is 0.840. The Labute approximate surface area is 162 Å². The predicted octanol–water partition coefficient (Wildman–Crippen LogP) is 2.77. The molecule has 0 spiro atoms. The summed E-state index contributed by atoms with van der Waals surface area (Å²) in [6, 6.07) is 8.63. The molecule has 1 aliphatic rings. The SMILES string of the molecule is Cc1ccc(Cl)c(OCC2(O)CCCN(C(=O)c3ccc[nH]c3=O)CC2)c1. The number of carbonyl (C=O) groups excluding carboxylic acids is 1. The van der Waals surface area contributed by atoms with Gasteiger partial charge in [0, 0.05) is 19.3 Å². The van der Waals surface area contributed by atoms with Crippen LogP contribution >= 0.6 is 11.6 Å². The zero-order valence-electron chi connectivity index (χ0n) is 15.2. The Morgan fingerprint density at radius 3 is 2.93 bits per heavy atom. The molecule has 1 aromatic heterocycles. The molecule has 6 nitrogen and oxygen atoms in total. The predicted molar refractivity (Wildman–Crippen MR) is 103 cm³/mol. The van der Waals surface area contributed by atoms with Gasteiger partial charge in [-0.15, -0.1) is 0 Å². The maximum absolute atomic E-state index is 12.6. The van der Waals surface area contributed by atoms with Crippen LogP contribution in [0.25, 0.3) is 0 Å². The molecule has 3 rings (SSSR count). The Balaban J connectivity index is 1.65. The number of amides is 1. The third-order valence-corrected chi connectivity index (χ3v) is 5.15. The molecular formula is C20H23ClN2O4. The zero-order chi connectivity index (χ0) is 19.4. The van der Waals surface area contributed by atoms with Crippen molar-refractivity contribution in [2.45, 2.75) is 31.8 Å². The summed E-state index contributed by atoms with van der Waals surface area (Å²) < 4.78 is 5.77. The van der Waals surface area contributed by atoms with Gasteiger partial charge in [0.1, 0.15) is 23.5 Å². The monoisotopic (exact) mass is 390 g/mol. The highest BCUT2D eigenvalue weighted by molar-refractivity contribution is 6.32. The van der Waals surface area contributed by atoms with E-state index in [-0.39, 0.29) is 18.1 Å². The average Bonchev–Trinajstić information content (AvgIpc) is 2.85. The van der Waals surface area contributed by atoms with E-state index in [0.29, 0.717) is 43.1 Å². The number of rotatable bonds is 4. The van der Waals surface area contributed by atoms with Crippen LogP contribution in [0.1, 0.15) is 35.2 Å². The number of carbonyl (C=O) groups is 1. The first-order chi connectivity index (χ1) is 12.9. The summed E-state index contributed by atoms with van der Waals surface area (Å²) in [6.45, 7) is 2.89. The van der Waals surface area contributed by atoms with Crippen molar-refractivity contribution >= 4 is 17.5 Å². The number of aromatic nitrogens is 1. The Hall–Kier alpha value is -2.31. The van der Waals surface area contributed by atoms with Crippen molar-refractivity contribution in [1.82, 2.24) is 9.88 Å². The Morgan fingerprint density at radius 2 is 2.15 bits per heavy atom. The van der Waals surface area contributed by atoms with E-state index in [2.05, 4.69) is 4.98 Å². The number of nitrogens with one attached hydrogen (secondary N) is 1. The van der Waals surface area contributed by atoms with Gasteiger partial charge in [-0.25, -0.2) is 0 Å². The largest absolute Gasteiger partial charge is 0.489 e. The molecule has 0 aliphatic carbocycles. The van der Waals surface area contributed by atoms with Crippen LogP contribution in [0.5, 0.6) is 5.75 Å². The number of nitrogens with zero attached hydrogens (tertiary/aromatic N) is 1. The van der Waals surface area contributed by atoms with Crippen LogP contribution < -0.4 is 10.3 Å². The molecule has 144 valence electrons. The Kier molecular flexibility index (Phi) is 5.87. The highest BCUT2D eigenvalue weighted by atomic mass is 35.5. The fourth-order valence-electron chi connectivity index (χ4n) is 3.22. The van der Waals surface area contributed by atoms with Gasteiger partial charge in [0.05, 0.1) is 5.02 Å². The highest BCUT2D eigenvalue weighted by Crippen LogP contribution is 2.29. The molecule has 1 saturated heterocycles. The molecule has 2 heterocycles. The van der Waals surface area contributed by atoms with Crippen LogP contribution in [0.4, 0.5) is 0 Å². The van der Waals surface area contributed by atoms with E-state index in [1.165, 1.54) is 12.3 Å². The lowest BCUT2D eigenvalue weighted by Gasteiger charge is -2.27. The van der Waals surface area contributed by atoms with Gasteiger partial charge in [-0.2, -0.15) is 0 Å². The van der Waals surface area contributed by atoms with Gasteiger partial charge in [0.15, 0.2) is 0 Å². The first kappa shape index (κ1) is 19.5. The molecular weight excluding hydrogens is 368 g/mol. The molecule has 1 unspecified atom stereocenters. The maximum Gasteiger partial charge on any atom is 0.260 e. The molecule has 0 radical (unpaired) electrons. The number of ether oxygens (including phenoxy) is 1. The van der Waals surface area contributed by atoms with Crippen LogP contribution in [0.3, 0.4) is 0 Å². The van der Waals surface area contributed by atoms with Crippen LogP contribution in [0.2, 0.25) is 5.02 Å². The van der Waals surface area contributed by atoms with E-state index in [4.69, 9.17) is 16.3 Å². The second-order valence-electron chi connectivity index (χ2n) is 7.01. The number of hydrogen-bond acceptors (Lipinski definition) is 4. The first-order valence-electron chi connectivity index (χ1n) is 8.96. The summed E-state index contributed by atoms with van der Waals surface area (Å²) in [5.74, 6) is 0.224. The van der Waals surface area contributed by atoms with Crippen molar-refractivity contribution in [2.24, 2.45) is 0 Å². The fraction of sp³-hybridized carbons (Fsp3) is 0.400. The molecule has 1 aromatic carbocycles. The fourth-order valence-corrected chi connectivity index (χ4v) is 3.39. The smallest absolute Gasteiger partial charge is 0.260 e. The Bertz CT molecular complexity index is 882. The first-order valence-corrected chi connectivity index (χ1v) is 9.34. The van der Waals surface area contributed by atoms with Gasteiger partial charge in [-0.1, -0.05) is 17.7 Å². The molecule has 0 bridgehead atoms. The third-order valence-electron chi connectivity index (χ3n) is 4.84. The van der Waals surface area contributed by atoms with E-state index in [0.717, 1.165) is 5.56 Å². The number of aryl methyl sites for hydroxylation is 1. The number of benzene rings is 1. The minimum atomic E-state index is -1.05. The van der Waals surface area contributed by atoms with Crippen molar-refractivity contribution < 1.29 is 14.6 Å². The maximum atomic E-state index is 12.6. The second kappa shape index (κ2) is 8.15. The van der Waals surface area contributed by atoms with Gasteiger partial charge in [-0.3, -0.25) is 9.59 Å². The van der Waals surface area contributed by atoms with Crippen LogP contribution in [0.15, 0.2) is 41.3 Å². The molecule has 1 fully saturated rings. The van der Waals surface area contributed by atoms with Crippen molar-refractivity contribution in [2.75, 3.05) is 19.7 Å². The van der Waals surface area contributed by atoms with Gasteiger partial charge < -0.3 is 19.7 Å². The number of aromatic amines is 1. The van der Waals surface area contributed by atoms with E-state index >= 15 is 0 Å². The van der Waals surface area contributed by atoms with Crippen molar-refractivity contribution in [3.05, 3.63) is 63.0 Å². The van der Waals surface area contributed by atoms with Gasteiger partial charge in [-0.05, 0) is 56.0 Å².